The molecule has 1 unspecified atom stereocenters. The highest BCUT2D eigenvalue weighted by Gasteiger charge is 2.33. The topological polar surface area (TPSA) is 49.7 Å². The van der Waals surface area contributed by atoms with E-state index in [4.69, 9.17) is 11.6 Å². The third kappa shape index (κ3) is 4.39. The fourth-order valence-corrected chi connectivity index (χ4v) is 3.19. The molecule has 0 fully saturated rings. The first-order chi connectivity index (χ1) is 12.8. The Kier molecular flexibility index (Phi) is 5.37. The summed E-state index contributed by atoms with van der Waals surface area (Å²) in [4.78, 5) is 16.3. The second kappa shape index (κ2) is 7.56. The molecule has 1 aliphatic carbocycles. The summed E-state index contributed by atoms with van der Waals surface area (Å²) in [6, 6.07) is 12.6. The molecular formula is C20H15ClF3NO2. The van der Waals surface area contributed by atoms with Crippen molar-refractivity contribution in [2.45, 2.75) is 24.9 Å². The summed E-state index contributed by atoms with van der Waals surface area (Å²) < 4.78 is 38.7. The first kappa shape index (κ1) is 19.2. The van der Waals surface area contributed by atoms with Crippen molar-refractivity contribution in [1.82, 2.24) is 0 Å². The number of allylic oxidation sites excluding steroid dienone is 2. The van der Waals surface area contributed by atoms with Gasteiger partial charge in [-0.3, -0.25) is 9.79 Å². The third-order valence-electron chi connectivity index (χ3n) is 4.35. The molecule has 0 saturated carbocycles. The number of carbonyl (C=O) groups is 1. The number of hydrogen-bond acceptors (Lipinski definition) is 3. The van der Waals surface area contributed by atoms with Gasteiger partial charge < -0.3 is 5.11 Å². The zero-order valence-electron chi connectivity index (χ0n) is 14.0. The molecular weight excluding hydrogens is 379 g/mol. The summed E-state index contributed by atoms with van der Waals surface area (Å²) in [6.07, 6.45) is -3.02. The molecule has 0 spiro atoms. The maximum atomic E-state index is 12.9. The van der Waals surface area contributed by atoms with Gasteiger partial charge in [0.05, 0.1) is 21.8 Å². The summed E-state index contributed by atoms with van der Waals surface area (Å²) in [7, 11) is 0. The van der Waals surface area contributed by atoms with Gasteiger partial charge in [-0.25, -0.2) is 0 Å². The van der Waals surface area contributed by atoms with Crippen molar-refractivity contribution in [3.05, 3.63) is 76.0 Å². The molecule has 0 radical (unpaired) electrons. The lowest BCUT2D eigenvalue weighted by atomic mass is 9.83. The van der Waals surface area contributed by atoms with E-state index in [0.717, 1.165) is 23.9 Å². The molecule has 0 aliphatic heterocycles. The predicted molar refractivity (Wildman–Crippen MR) is 97.7 cm³/mol. The number of aliphatic hydroxyl groups is 1. The Balaban J connectivity index is 1.84. The number of rotatable bonds is 3. The Morgan fingerprint density at radius 2 is 1.81 bits per heavy atom. The molecule has 2 aromatic carbocycles. The van der Waals surface area contributed by atoms with Gasteiger partial charge in [-0.1, -0.05) is 41.9 Å². The van der Waals surface area contributed by atoms with Crippen molar-refractivity contribution in [1.29, 1.82) is 0 Å². The van der Waals surface area contributed by atoms with Crippen LogP contribution in [0.25, 0.3) is 0 Å². The average Bonchev–Trinajstić information content (AvgIpc) is 2.62. The van der Waals surface area contributed by atoms with E-state index in [1.54, 1.807) is 0 Å². The lowest BCUT2D eigenvalue weighted by molar-refractivity contribution is -0.137. The van der Waals surface area contributed by atoms with E-state index in [2.05, 4.69) is 4.99 Å². The van der Waals surface area contributed by atoms with Crippen molar-refractivity contribution in [3.8, 4) is 0 Å². The van der Waals surface area contributed by atoms with Gasteiger partial charge in [-0.05, 0) is 29.7 Å². The summed E-state index contributed by atoms with van der Waals surface area (Å²) in [6.45, 7) is 0. The van der Waals surface area contributed by atoms with E-state index in [-0.39, 0.29) is 41.6 Å². The van der Waals surface area contributed by atoms with Gasteiger partial charge in [-0.2, -0.15) is 13.2 Å². The summed E-state index contributed by atoms with van der Waals surface area (Å²) in [5.74, 6) is -0.557. The Morgan fingerprint density at radius 3 is 2.44 bits per heavy atom. The highest BCUT2D eigenvalue weighted by atomic mass is 35.5. The van der Waals surface area contributed by atoms with Crippen molar-refractivity contribution < 1.29 is 23.1 Å². The van der Waals surface area contributed by atoms with E-state index in [1.807, 2.05) is 30.3 Å². The molecule has 0 heterocycles. The van der Waals surface area contributed by atoms with Gasteiger partial charge in [0.25, 0.3) is 0 Å². The van der Waals surface area contributed by atoms with Crippen LogP contribution in [0.1, 0.15) is 29.9 Å². The smallest absolute Gasteiger partial charge is 0.417 e. The molecule has 1 atom stereocenters. The summed E-state index contributed by atoms with van der Waals surface area (Å²) >= 11 is 5.57. The zero-order chi connectivity index (χ0) is 19.6. The van der Waals surface area contributed by atoms with Crippen LogP contribution in [0.2, 0.25) is 5.02 Å². The largest absolute Gasteiger partial charge is 0.511 e. The normalized spacial score (nSPS) is 18.4. The first-order valence-electron chi connectivity index (χ1n) is 8.17. The predicted octanol–water partition coefficient (Wildman–Crippen LogP) is 6.02. The van der Waals surface area contributed by atoms with Crippen LogP contribution in [0.5, 0.6) is 0 Å². The molecule has 140 valence electrons. The second-order valence-corrected chi connectivity index (χ2v) is 6.63. The van der Waals surface area contributed by atoms with E-state index >= 15 is 0 Å². The quantitative estimate of drug-likeness (QED) is 0.648. The molecule has 3 nitrogen and oxygen atoms in total. The van der Waals surface area contributed by atoms with Crippen LogP contribution in [0, 0.1) is 0 Å². The molecule has 0 amide bonds. The van der Waals surface area contributed by atoms with Crippen molar-refractivity contribution in [3.63, 3.8) is 0 Å². The number of benzene rings is 2. The van der Waals surface area contributed by atoms with E-state index in [9.17, 15) is 23.1 Å². The summed E-state index contributed by atoms with van der Waals surface area (Å²) in [5.41, 5.74) is -0.0484. The number of carbonyl (C=O) groups excluding carboxylic acids is 1. The molecule has 3 rings (SSSR count). The Labute approximate surface area is 158 Å². The van der Waals surface area contributed by atoms with Crippen LogP contribution >= 0.6 is 11.6 Å². The van der Waals surface area contributed by atoms with E-state index in [1.165, 1.54) is 6.07 Å². The molecule has 1 aliphatic rings. The van der Waals surface area contributed by atoms with Crippen LogP contribution in [0.4, 0.5) is 18.9 Å². The maximum Gasteiger partial charge on any atom is 0.417 e. The Bertz CT molecular complexity index is 921. The molecule has 0 saturated heterocycles. The van der Waals surface area contributed by atoms with Crippen molar-refractivity contribution >= 4 is 29.3 Å². The van der Waals surface area contributed by atoms with Crippen LogP contribution in [0.15, 0.2) is 64.9 Å². The number of aliphatic imine (C=N–C) groups is 1. The fourth-order valence-electron chi connectivity index (χ4n) is 2.97. The van der Waals surface area contributed by atoms with Crippen LogP contribution in [-0.4, -0.2) is 17.1 Å². The average molecular weight is 394 g/mol. The van der Waals surface area contributed by atoms with Crippen molar-refractivity contribution in [2.24, 2.45) is 4.99 Å². The molecule has 7 heteroatoms. The van der Waals surface area contributed by atoms with Gasteiger partial charge in [0, 0.05) is 19.1 Å². The molecule has 0 aromatic heterocycles. The lowest BCUT2D eigenvalue weighted by Gasteiger charge is -2.22. The first-order valence-corrected chi connectivity index (χ1v) is 8.54. The van der Waals surface area contributed by atoms with E-state index in [0.29, 0.717) is 0 Å². The number of nitrogens with zero attached hydrogens (tertiary/aromatic N) is 1. The minimum Gasteiger partial charge on any atom is -0.511 e. The van der Waals surface area contributed by atoms with Crippen molar-refractivity contribution in [2.75, 3.05) is 0 Å². The standard InChI is InChI=1S/C20H15ClF3NO2/c21-17-7-6-14(10-16(17)20(22,23)24)25-11-15-18(26)8-13(9-19(15)27)12-4-2-1-3-5-12/h1-7,10-11,13,26H,8-9H2. The van der Waals surface area contributed by atoms with Gasteiger partial charge >= 0.3 is 6.18 Å². The number of halogens is 4. The highest BCUT2D eigenvalue weighted by molar-refractivity contribution is 6.31. The zero-order valence-corrected chi connectivity index (χ0v) is 14.8. The van der Waals surface area contributed by atoms with Gasteiger partial charge in [0.1, 0.15) is 5.76 Å². The van der Waals surface area contributed by atoms with Gasteiger partial charge in [0.2, 0.25) is 0 Å². The molecule has 27 heavy (non-hydrogen) atoms. The number of aliphatic hydroxyl groups excluding tert-OH is 1. The molecule has 1 N–H and O–H groups in total. The molecule has 0 bridgehead atoms. The number of ketones is 1. The minimum absolute atomic E-state index is 0.00925. The van der Waals surface area contributed by atoms with Crippen LogP contribution in [-0.2, 0) is 11.0 Å². The SMILES string of the molecule is O=C1CC(c2ccccc2)CC(O)=C1C=Nc1ccc(Cl)c(C(F)(F)F)c1. The third-order valence-corrected chi connectivity index (χ3v) is 4.68. The van der Waals surface area contributed by atoms with Gasteiger partial charge in [-0.15, -0.1) is 0 Å². The number of alkyl halides is 3. The second-order valence-electron chi connectivity index (χ2n) is 6.22. The van der Waals surface area contributed by atoms with Crippen LogP contribution < -0.4 is 0 Å². The lowest BCUT2D eigenvalue weighted by Crippen LogP contribution is -2.19. The highest BCUT2D eigenvalue weighted by Crippen LogP contribution is 2.37. The number of Topliss-reactive ketones (excluding diaryl/α,β-unsaturated/α-hetero) is 1. The molecule has 2 aromatic rings. The minimum atomic E-state index is -4.60. The number of hydrogen-bond donors (Lipinski definition) is 1. The van der Waals surface area contributed by atoms with Crippen LogP contribution in [0.3, 0.4) is 0 Å². The monoisotopic (exact) mass is 393 g/mol. The fraction of sp³-hybridized carbons (Fsp3) is 0.200. The Morgan fingerprint density at radius 1 is 1.11 bits per heavy atom. The summed E-state index contributed by atoms with van der Waals surface area (Å²) in [5, 5.41) is 9.82. The maximum absolute atomic E-state index is 12.9. The van der Waals surface area contributed by atoms with E-state index < -0.39 is 16.8 Å². The Hall–Kier alpha value is -2.60. The van der Waals surface area contributed by atoms with Gasteiger partial charge in [0.15, 0.2) is 5.78 Å².